The molecule has 2 N–H and O–H groups in total. The number of rotatable bonds is 4. The molecule has 1 fully saturated rings. The summed E-state index contributed by atoms with van der Waals surface area (Å²) in [5.74, 6) is 1.76. The summed E-state index contributed by atoms with van der Waals surface area (Å²) < 4.78 is 7.72. The van der Waals surface area contributed by atoms with Crippen molar-refractivity contribution < 1.29 is 4.74 Å². The lowest BCUT2D eigenvalue weighted by Crippen LogP contribution is -2.16. The summed E-state index contributed by atoms with van der Waals surface area (Å²) in [5.41, 5.74) is 7.27. The first kappa shape index (κ1) is 11.3. The number of aryl methyl sites for hydroxylation is 1. The monoisotopic (exact) mass is 243 g/mol. The quantitative estimate of drug-likeness (QED) is 0.893. The fourth-order valence-electron chi connectivity index (χ4n) is 1.99. The molecule has 0 spiro atoms. The van der Waals surface area contributed by atoms with Crippen LogP contribution in [0.5, 0.6) is 5.75 Å². The Hall–Kier alpha value is -1.81. The largest absolute Gasteiger partial charge is 0.490 e. The molecule has 3 rings (SSSR count). The lowest BCUT2D eigenvalue weighted by atomic mass is 10.1. The maximum absolute atomic E-state index is 6.24. The summed E-state index contributed by atoms with van der Waals surface area (Å²) in [4.78, 5) is 4.29. The van der Waals surface area contributed by atoms with Gasteiger partial charge in [0.25, 0.3) is 0 Å². The van der Waals surface area contributed by atoms with Gasteiger partial charge in [-0.15, -0.1) is 0 Å². The highest BCUT2D eigenvalue weighted by atomic mass is 16.5. The van der Waals surface area contributed by atoms with Gasteiger partial charge in [-0.2, -0.15) is 0 Å². The second kappa shape index (κ2) is 4.46. The van der Waals surface area contributed by atoms with E-state index in [-0.39, 0.29) is 6.04 Å². The molecular weight excluding hydrogens is 226 g/mol. The first-order valence-electron chi connectivity index (χ1n) is 6.23. The number of imidazole rings is 1. The zero-order valence-corrected chi connectivity index (χ0v) is 10.4. The summed E-state index contributed by atoms with van der Waals surface area (Å²) in [6, 6.07) is 7.77. The van der Waals surface area contributed by atoms with E-state index in [0.717, 1.165) is 30.0 Å². The Morgan fingerprint density at radius 2 is 2.28 bits per heavy atom. The van der Waals surface area contributed by atoms with E-state index < -0.39 is 0 Å². The minimum atomic E-state index is -0.215. The van der Waals surface area contributed by atoms with Crippen molar-refractivity contribution in [3.05, 3.63) is 48.0 Å². The van der Waals surface area contributed by atoms with E-state index >= 15 is 0 Å². The van der Waals surface area contributed by atoms with Gasteiger partial charge in [-0.3, -0.25) is 0 Å². The van der Waals surface area contributed by atoms with E-state index in [1.54, 1.807) is 6.20 Å². The highest BCUT2D eigenvalue weighted by molar-refractivity contribution is 5.33. The number of hydrogen-bond acceptors (Lipinski definition) is 3. The standard InChI is InChI=1S/C14H17N3O/c1-17-8-7-16-14(17)13(15)10-3-2-4-12(9-10)18-11-5-6-11/h2-4,7-9,11,13H,5-6,15H2,1H3. The normalized spacial score (nSPS) is 16.6. The summed E-state index contributed by atoms with van der Waals surface area (Å²) in [6.07, 6.45) is 6.40. The minimum Gasteiger partial charge on any atom is -0.490 e. The van der Waals surface area contributed by atoms with Crippen LogP contribution in [0.2, 0.25) is 0 Å². The Balaban J connectivity index is 1.84. The van der Waals surface area contributed by atoms with Crippen molar-refractivity contribution in [2.45, 2.75) is 25.0 Å². The zero-order chi connectivity index (χ0) is 12.5. The second-order valence-electron chi connectivity index (χ2n) is 4.76. The number of hydrogen-bond donors (Lipinski definition) is 1. The lowest BCUT2D eigenvalue weighted by Gasteiger charge is -2.13. The van der Waals surface area contributed by atoms with Crippen LogP contribution in [0.4, 0.5) is 0 Å². The summed E-state index contributed by atoms with van der Waals surface area (Å²) >= 11 is 0. The number of ether oxygens (including phenoxy) is 1. The predicted octanol–water partition coefficient (Wildman–Crippen LogP) is 2.01. The second-order valence-corrected chi connectivity index (χ2v) is 4.76. The molecule has 1 aromatic heterocycles. The SMILES string of the molecule is Cn1ccnc1C(N)c1cccc(OC2CC2)c1. The molecule has 0 amide bonds. The van der Waals surface area contributed by atoms with Gasteiger partial charge < -0.3 is 15.0 Å². The van der Waals surface area contributed by atoms with Gasteiger partial charge in [0.05, 0.1) is 12.1 Å². The van der Waals surface area contributed by atoms with Crippen molar-refractivity contribution in [3.8, 4) is 5.75 Å². The molecule has 4 nitrogen and oxygen atoms in total. The van der Waals surface area contributed by atoms with Crippen LogP contribution < -0.4 is 10.5 Å². The van der Waals surface area contributed by atoms with Gasteiger partial charge in [-0.25, -0.2) is 4.98 Å². The number of nitrogens with two attached hydrogens (primary N) is 1. The van der Waals surface area contributed by atoms with Crippen molar-refractivity contribution >= 4 is 0 Å². The molecule has 1 saturated carbocycles. The summed E-state index contributed by atoms with van der Waals surface area (Å²) in [6.45, 7) is 0. The summed E-state index contributed by atoms with van der Waals surface area (Å²) in [7, 11) is 1.95. The van der Waals surface area contributed by atoms with Gasteiger partial charge in [-0.05, 0) is 30.5 Å². The molecule has 1 aliphatic rings. The van der Waals surface area contributed by atoms with Crippen LogP contribution in [-0.4, -0.2) is 15.7 Å². The third-order valence-corrected chi connectivity index (χ3v) is 3.18. The lowest BCUT2D eigenvalue weighted by molar-refractivity contribution is 0.303. The van der Waals surface area contributed by atoms with Crippen molar-refractivity contribution in [2.24, 2.45) is 12.8 Å². The van der Waals surface area contributed by atoms with Gasteiger partial charge in [-0.1, -0.05) is 12.1 Å². The Kier molecular flexibility index (Phi) is 2.80. The summed E-state index contributed by atoms with van der Waals surface area (Å²) in [5, 5.41) is 0. The molecule has 1 unspecified atom stereocenters. The first-order valence-corrected chi connectivity index (χ1v) is 6.23. The Bertz CT molecular complexity index is 545. The van der Waals surface area contributed by atoms with E-state index in [4.69, 9.17) is 10.5 Å². The van der Waals surface area contributed by atoms with Gasteiger partial charge >= 0.3 is 0 Å². The van der Waals surface area contributed by atoms with Crippen LogP contribution in [0.1, 0.15) is 30.3 Å². The Labute approximate surface area is 106 Å². The maximum atomic E-state index is 6.24. The van der Waals surface area contributed by atoms with E-state index in [1.165, 1.54) is 0 Å². The molecule has 0 aliphatic heterocycles. The molecule has 0 bridgehead atoms. The molecule has 4 heteroatoms. The predicted molar refractivity (Wildman–Crippen MR) is 69.3 cm³/mol. The van der Waals surface area contributed by atoms with Gasteiger partial charge in [0.15, 0.2) is 0 Å². The average molecular weight is 243 g/mol. The Morgan fingerprint density at radius 1 is 1.44 bits per heavy atom. The Morgan fingerprint density at radius 3 is 2.94 bits per heavy atom. The maximum Gasteiger partial charge on any atom is 0.129 e. The first-order chi connectivity index (χ1) is 8.74. The number of aromatic nitrogens is 2. The van der Waals surface area contributed by atoms with Crippen LogP contribution in [0.25, 0.3) is 0 Å². The molecule has 0 radical (unpaired) electrons. The van der Waals surface area contributed by atoms with E-state index in [1.807, 2.05) is 42.1 Å². The van der Waals surface area contributed by atoms with Crippen LogP contribution >= 0.6 is 0 Å². The molecule has 1 aliphatic carbocycles. The average Bonchev–Trinajstić information content (AvgIpc) is 3.08. The van der Waals surface area contributed by atoms with Crippen LogP contribution in [0, 0.1) is 0 Å². The molecule has 1 aromatic carbocycles. The molecular formula is C14H17N3O. The van der Waals surface area contributed by atoms with E-state index in [2.05, 4.69) is 4.98 Å². The van der Waals surface area contributed by atoms with Gasteiger partial charge in [0.1, 0.15) is 11.6 Å². The molecule has 18 heavy (non-hydrogen) atoms. The molecule has 1 atom stereocenters. The van der Waals surface area contributed by atoms with Crippen LogP contribution in [0.3, 0.4) is 0 Å². The van der Waals surface area contributed by atoms with Crippen molar-refractivity contribution in [1.29, 1.82) is 0 Å². The number of benzene rings is 1. The third kappa shape index (κ3) is 2.24. The van der Waals surface area contributed by atoms with Crippen LogP contribution in [0.15, 0.2) is 36.7 Å². The van der Waals surface area contributed by atoms with Crippen molar-refractivity contribution in [2.75, 3.05) is 0 Å². The zero-order valence-electron chi connectivity index (χ0n) is 10.4. The van der Waals surface area contributed by atoms with Crippen molar-refractivity contribution in [3.63, 3.8) is 0 Å². The van der Waals surface area contributed by atoms with Gasteiger partial charge in [0, 0.05) is 19.4 Å². The highest BCUT2D eigenvalue weighted by Gasteiger charge is 2.23. The van der Waals surface area contributed by atoms with Crippen molar-refractivity contribution in [1.82, 2.24) is 9.55 Å². The van der Waals surface area contributed by atoms with E-state index in [0.29, 0.717) is 6.10 Å². The topological polar surface area (TPSA) is 53.1 Å². The molecule has 1 heterocycles. The van der Waals surface area contributed by atoms with E-state index in [9.17, 15) is 0 Å². The molecule has 2 aromatic rings. The van der Waals surface area contributed by atoms with Gasteiger partial charge in [0.2, 0.25) is 0 Å². The third-order valence-electron chi connectivity index (χ3n) is 3.18. The molecule has 94 valence electrons. The van der Waals surface area contributed by atoms with Crippen LogP contribution in [-0.2, 0) is 7.05 Å². The molecule has 0 saturated heterocycles. The fraction of sp³-hybridized carbons (Fsp3) is 0.357. The highest BCUT2D eigenvalue weighted by Crippen LogP contribution is 2.28. The smallest absolute Gasteiger partial charge is 0.129 e. The fourth-order valence-corrected chi connectivity index (χ4v) is 1.99. The minimum absolute atomic E-state index is 0.215. The number of nitrogens with zero attached hydrogens (tertiary/aromatic N) is 2.